The van der Waals surface area contributed by atoms with Crippen molar-refractivity contribution in [2.24, 2.45) is 5.92 Å². The van der Waals surface area contributed by atoms with Gasteiger partial charge in [0.05, 0.1) is 0 Å². The Bertz CT molecular complexity index is 493. The Morgan fingerprint density at radius 3 is 2.39 bits per heavy atom. The van der Waals surface area contributed by atoms with Gasteiger partial charge in [0.2, 0.25) is 0 Å². The normalized spacial score (nSPS) is 34.5. The van der Waals surface area contributed by atoms with Gasteiger partial charge in [-0.3, -0.25) is 9.00 Å². The Balaban J connectivity index is 1.83. The Morgan fingerprint density at radius 2 is 1.78 bits per heavy atom. The summed E-state index contributed by atoms with van der Waals surface area (Å²) >= 11 is 0. The monoisotopic (exact) mass is 262 g/mol. The fourth-order valence-corrected chi connectivity index (χ4v) is 5.44. The van der Waals surface area contributed by atoms with Crippen LogP contribution in [0, 0.1) is 12.8 Å². The van der Waals surface area contributed by atoms with E-state index in [1.165, 1.54) is 0 Å². The molecule has 0 radical (unpaired) electrons. The number of Topliss-reactive ketones (excluding diaryl/α,β-unsaturated/α-hetero) is 1. The molecule has 0 amide bonds. The molecule has 2 saturated heterocycles. The van der Waals surface area contributed by atoms with E-state index in [0.29, 0.717) is 0 Å². The van der Waals surface area contributed by atoms with Crippen LogP contribution in [0.1, 0.15) is 41.6 Å². The maximum atomic E-state index is 12.5. The van der Waals surface area contributed by atoms with Crippen LogP contribution < -0.4 is 0 Å². The predicted octanol–water partition coefficient (Wildman–Crippen LogP) is 2.87. The zero-order valence-electron chi connectivity index (χ0n) is 10.6. The summed E-state index contributed by atoms with van der Waals surface area (Å²) < 4.78 is 12.0. The fourth-order valence-electron chi connectivity index (χ4n) is 3.32. The summed E-state index contributed by atoms with van der Waals surface area (Å²) in [7, 11) is -0.670. The van der Waals surface area contributed by atoms with Crippen LogP contribution in [-0.4, -0.2) is 20.5 Å². The molecule has 0 saturated carbocycles. The lowest BCUT2D eigenvalue weighted by Crippen LogP contribution is -2.32. The highest BCUT2D eigenvalue weighted by Gasteiger charge is 2.42. The molecule has 2 unspecified atom stereocenters. The van der Waals surface area contributed by atoms with Crippen molar-refractivity contribution in [1.29, 1.82) is 0 Å². The van der Waals surface area contributed by atoms with Gasteiger partial charge in [-0.05, 0) is 38.2 Å². The molecule has 3 rings (SSSR count). The van der Waals surface area contributed by atoms with Gasteiger partial charge in [0.1, 0.15) is 0 Å². The second-order valence-electron chi connectivity index (χ2n) is 5.50. The van der Waals surface area contributed by atoms with Gasteiger partial charge in [-0.1, -0.05) is 24.3 Å². The number of hydrogen-bond acceptors (Lipinski definition) is 2. The fraction of sp³-hybridized carbons (Fsp3) is 0.533. The first kappa shape index (κ1) is 12.1. The molecular formula is C15H18O2S. The highest BCUT2D eigenvalue weighted by atomic mass is 32.2. The Labute approximate surface area is 110 Å². The number of fused-ring (bicyclic) bond motifs is 2. The Kier molecular flexibility index (Phi) is 3.10. The predicted molar refractivity (Wildman–Crippen MR) is 73.2 cm³/mol. The molecule has 1 aromatic rings. The minimum Gasteiger partial charge on any atom is -0.294 e. The van der Waals surface area contributed by atoms with E-state index in [2.05, 4.69) is 0 Å². The second-order valence-corrected chi connectivity index (χ2v) is 7.49. The van der Waals surface area contributed by atoms with E-state index in [4.69, 9.17) is 0 Å². The summed E-state index contributed by atoms with van der Waals surface area (Å²) in [6.45, 7) is 1.99. The lowest BCUT2D eigenvalue weighted by Gasteiger charge is -2.26. The average molecular weight is 262 g/mol. The van der Waals surface area contributed by atoms with Gasteiger partial charge in [0.15, 0.2) is 5.78 Å². The van der Waals surface area contributed by atoms with Crippen LogP contribution >= 0.6 is 0 Å². The molecule has 0 aromatic heterocycles. The van der Waals surface area contributed by atoms with Gasteiger partial charge < -0.3 is 0 Å². The number of ketones is 1. The Morgan fingerprint density at radius 1 is 1.17 bits per heavy atom. The molecule has 2 fully saturated rings. The minimum absolute atomic E-state index is 0.0984. The van der Waals surface area contributed by atoms with Gasteiger partial charge in [-0.25, -0.2) is 0 Å². The molecule has 2 bridgehead atoms. The molecule has 2 aliphatic rings. The van der Waals surface area contributed by atoms with E-state index < -0.39 is 10.8 Å². The van der Waals surface area contributed by atoms with Crippen molar-refractivity contribution in [3.8, 4) is 0 Å². The maximum absolute atomic E-state index is 12.5. The molecule has 1 aromatic carbocycles. The van der Waals surface area contributed by atoms with Gasteiger partial charge in [-0.15, -0.1) is 0 Å². The molecular weight excluding hydrogens is 244 g/mol. The zero-order valence-corrected chi connectivity index (χ0v) is 11.4. The van der Waals surface area contributed by atoms with E-state index in [9.17, 15) is 9.00 Å². The third kappa shape index (κ3) is 1.95. The number of hydrogen-bond donors (Lipinski definition) is 0. The van der Waals surface area contributed by atoms with Crippen LogP contribution in [0.25, 0.3) is 0 Å². The van der Waals surface area contributed by atoms with Crippen molar-refractivity contribution in [2.45, 2.75) is 43.1 Å². The number of carbonyl (C=O) groups excluding carboxylic acids is 1. The van der Waals surface area contributed by atoms with Gasteiger partial charge in [0.25, 0.3) is 0 Å². The number of carbonyl (C=O) groups is 1. The molecule has 2 nitrogen and oxygen atoms in total. The molecule has 0 spiro atoms. The van der Waals surface area contributed by atoms with Crippen LogP contribution in [-0.2, 0) is 10.8 Å². The smallest absolute Gasteiger partial charge is 0.166 e. The molecule has 2 aliphatic heterocycles. The summed E-state index contributed by atoms with van der Waals surface area (Å²) in [6.07, 6.45) is 3.76. The molecule has 0 N–H and O–H groups in total. The first-order valence-corrected chi connectivity index (χ1v) is 7.93. The SMILES string of the molecule is Cc1ccccc1C(=O)C1CC2CCC(C1)S2=O. The van der Waals surface area contributed by atoms with Crippen molar-refractivity contribution in [1.82, 2.24) is 0 Å². The van der Waals surface area contributed by atoms with E-state index in [0.717, 1.165) is 36.8 Å². The minimum atomic E-state index is -0.670. The summed E-state index contributed by atoms with van der Waals surface area (Å²) in [5, 5.41) is 0.559. The molecule has 3 heteroatoms. The first-order chi connectivity index (χ1) is 8.66. The molecule has 2 atom stereocenters. The molecule has 96 valence electrons. The lowest BCUT2D eigenvalue weighted by molar-refractivity contribution is 0.0905. The summed E-state index contributed by atoms with van der Waals surface area (Å²) in [5.74, 6) is 0.364. The molecule has 18 heavy (non-hydrogen) atoms. The van der Waals surface area contributed by atoms with Crippen LogP contribution in [0.3, 0.4) is 0 Å². The third-order valence-corrected chi connectivity index (χ3v) is 6.51. The van der Waals surface area contributed by atoms with Crippen LogP contribution in [0.5, 0.6) is 0 Å². The van der Waals surface area contributed by atoms with E-state index in [1.807, 2.05) is 31.2 Å². The largest absolute Gasteiger partial charge is 0.294 e. The van der Waals surface area contributed by atoms with E-state index in [-0.39, 0.29) is 22.2 Å². The highest BCUT2D eigenvalue weighted by molar-refractivity contribution is 7.86. The van der Waals surface area contributed by atoms with Crippen molar-refractivity contribution in [3.05, 3.63) is 35.4 Å². The van der Waals surface area contributed by atoms with Gasteiger partial charge >= 0.3 is 0 Å². The summed E-state index contributed by atoms with van der Waals surface area (Å²) in [5.41, 5.74) is 1.91. The van der Waals surface area contributed by atoms with Crippen molar-refractivity contribution in [3.63, 3.8) is 0 Å². The third-order valence-electron chi connectivity index (χ3n) is 4.34. The Hall–Kier alpha value is -0.960. The second kappa shape index (κ2) is 4.61. The van der Waals surface area contributed by atoms with E-state index >= 15 is 0 Å². The van der Waals surface area contributed by atoms with E-state index in [1.54, 1.807) is 0 Å². The van der Waals surface area contributed by atoms with Crippen molar-refractivity contribution in [2.75, 3.05) is 0 Å². The number of benzene rings is 1. The molecule has 0 aliphatic carbocycles. The van der Waals surface area contributed by atoms with Crippen molar-refractivity contribution < 1.29 is 9.00 Å². The first-order valence-electron chi connectivity index (χ1n) is 6.66. The van der Waals surface area contributed by atoms with Crippen molar-refractivity contribution >= 4 is 16.6 Å². The summed E-state index contributed by atoms with van der Waals surface area (Å²) in [4.78, 5) is 12.5. The zero-order chi connectivity index (χ0) is 12.7. The van der Waals surface area contributed by atoms with Gasteiger partial charge in [0, 0.05) is 32.8 Å². The van der Waals surface area contributed by atoms with Gasteiger partial charge in [-0.2, -0.15) is 0 Å². The highest BCUT2D eigenvalue weighted by Crippen LogP contribution is 2.40. The molecule has 2 heterocycles. The quantitative estimate of drug-likeness (QED) is 0.768. The average Bonchev–Trinajstić information content (AvgIpc) is 2.61. The number of aryl methyl sites for hydroxylation is 1. The summed E-state index contributed by atoms with van der Waals surface area (Å²) in [6, 6.07) is 7.80. The maximum Gasteiger partial charge on any atom is 0.166 e. The van der Waals surface area contributed by atoms with Crippen LogP contribution in [0.4, 0.5) is 0 Å². The van der Waals surface area contributed by atoms with Crippen LogP contribution in [0.2, 0.25) is 0 Å². The standard InChI is InChI=1S/C15H18O2S/c1-10-4-2-3-5-14(10)15(16)11-8-12-6-7-13(9-11)18(12)17/h2-5,11-13H,6-9H2,1H3. The lowest BCUT2D eigenvalue weighted by atomic mass is 9.88. The van der Waals surface area contributed by atoms with Crippen LogP contribution in [0.15, 0.2) is 24.3 Å². The topological polar surface area (TPSA) is 34.1 Å². The number of rotatable bonds is 2.